The molecule has 19 heavy (non-hydrogen) atoms. The van der Waals surface area contributed by atoms with Crippen molar-refractivity contribution in [1.29, 1.82) is 0 Å². The van der Waals surface area contributed by atoms with E-state index in [4.69, 9.17) is 5.84 Å². The molecule has 0 aromatic carbocycles. The number of rotatable bonds is 5. The molecular formula is C12H20N4O2S. The van der Waals surface area contributed by atoms with Crippen molar-refractivity contribution in [3.05, 3.63) is 18.3 Å². The van der Waals surface area contributed by atoms with Crippen LogP contribution < -0.4 is 16.0 Å². The number of nitrogens with two attached hydrogens (primary N) is 1. The number of hydrazine groups is 1. The minimum absolute atomic E-state index is 0.0537. The van der Waals surface area contributed by atoms with Crippen LogP contribution in [-0.4, -0.2) is 19.9 Å². The van der Waals surface area contributed by atoms with Crippen molar-refractivity contribution in [1.82, 2.24) is 9.71 Å². The molecule has 1 aliphatic carbocycles. The van der Waals surface area contributed by atoms with Gasteiger partial charge in [-0.1, -0.05) is 19.8 Å². The molecule has 1 aromatic rings. The first-order valence-corrected chi connectivity index (χ1v) is 7.86. The Hall–Kier alpha value is -1.18. The number of pyridine rings is 1. The van der Waals surface area contributed by atoms with E-state index in [9.17, 15) is 8.42 Å². The highest BCUT2D eigenvalue weighted by atomic mass is 32.2. The van der Waals surface area contributed by atoms with Gasteiger partial charge in [-0.15, -0.1) is 0 Å². The molecule has 1 saturated carbocycles. The molecule has 0 aliphatic heterocycles. The SMILES string of the molecule is CC1(CNS(=O)(=O)c2ncccc2NN)CCCC1. The van der Waals surface area contributed by atoms with Gasteiger partial charge >= 0.3 is 0 Å². The number of nitrogens with one attached hydrogen (secondary N) is 2. The highest BCUT2D eigenvalue weighted by molar-refractivity contribution is 7.89. The lowest BCUT2D eigenvalue weighted by atomic mass is 9.89. The van der Waals surface area contributed by atoms with E-state index < -0.39 is 10.0 Å². The van der Waals surface area contributed by atoms with Crippen LogP contribution in [0.1, 0.15) is 32.6 Å². The molecule has 6 nitrogen and oxygen atoms in total. The van der Waals surface area contributed by atoms with Gasteiger partial charge in [-0.2, -0.15) is 0 Å². The van der Waals surface area contributed by atoms with Crippen molar-refractivity contribution in [2.75, 3.05) is 12.0 Å². The van der Waals surface area contributed by atoms with Gasteiger partial charge < -0.3 is 5.43 Å². The third kappa shape index (κ3) is 3.23. The van der Waals surface area contributed by atoms with E-state index in [0.717, 1.165) is 25.7 Å². The maximum atomic E-state index is 12.2. The Bertz CT molecular complexity index is 538. The molecule has 1 aromatic heterocycles. The molecule has 2 rings (SSSR count). The predicted molar refractivity (Wildman–Crippen MR) is 73.8 cm³/mol. The normalized spacial score (nSPS) is 18.4. The molecule has 7 heteroatoms. The Kier molecular flexibility index (Phi) is 4.07. The van der Waals surface area contributed by atoms with E-state index in [0.29, 0.717) is 12.2 Å². The first kappa shape index (κ1) is 14.2. The summed E-state index contributed by atoms with van der Waals surface area (Å²) in [6.45, 7) is 2.55. The predicted octanol–water partition coefficient (Wildman–Crippen LogP) is 1.23. The standard InChI is InChI=1S/C12H20N4O2S/c1-12(6-2-3-7-12)9-15-19(17,18)11-10(16-13)5-4-8-14-11/h4-5,8,15-16H,2-3,6-7,9,13H2,1H3. The van der Waals surface area contributed by atoms with Crippen molar-refractivity contribution >= 4 is 15.7 Å². The van der Waals surface area contributed by atoms with E-state index in [1.807, 2.05) is 0 Å². The van der Waals surface area contributed by atoms with Gasteiger partial charge in [-0.25, -0.2) is 18.1 Å². The molecule has 0 unspecified atom stereocenters. The summed E-state index contributed by atoms with van der Waals surface area (Å²) in [6, 6.07) is 3.21. The van der Waals surface area contributed by atoms with Crippen LogP contribution in [0.5, 0.6) is 0 Å². The summed E-state index contributed by atoms with van der Waals surface area (Å²) in [4.78, 5) is 3.90. The summed E-state index contributed by atoms with van der Waals surface area (Å²) in [5.41, 5.74) is 2.71. The zero-order valence-electron chi connectivity index (χ0n) is 11.0. The van der Waals surface area contributed by atoms with E-state index in [1.165, 1.54) is 6.20 Å². The second-order valence-corrected chi connectivity index (χ2v) is 7.03. The first-order chi connectivity index (χ1) is 8.97. The number of anilines is 1. The Morgan fingerprint density at radius 1 is 1.42 bits per heavy atom. The zero-order chi connectivity index (χ0) is 13.9. The maximum absolute atomic E-state index is 12.2. The van der Waals surface area contributed by atoms with E-state index >= 15 is 0 Å². The molecule has 0 amide bonds. The summed E-state index contributed by atoms with van der Waals surface area (Å²) in [5.74, 6) is 5.31. The number of aromatic nitrogens is 1. The van der Waals surface area contributed by atoms with Crippen LogP contribution in [0.15, 0.2) is 23.4 Å². The first-order valence-electron chi connectivity index (χ1n) is 6.38. The summed E-state index contributed by atoms with van der Waals surface area (Å²) in [5, 5.41) is -0.0564. The third-order valence-electron chi connectivity index (χ3n) is 3.68. The minimum atomic E-state index is -3.63. The molecule has 1 fully saturated rings. The van der Waals surface area contributed by atoms with E-state index in [-0.39, 0.29) is 10.4 Å². The van der Waals surface area contributed by atoms with Gasteiger partial charge in [0.25, 0.3) is 10.0 Å². The molecule has 0 radical (unpaired) electrons. The van der Waals surface area contributed by atoms with Gasteiger partial charge in [0.05, 0.1) is 5.69 Å². The molecule has 1 aliphatic rings. The van der Waals surface area contributed by atoms with Crippen LogP contribution in [0.3, 0.4) is 0 Å². The molecule has 0 atom stereocenters. The highest BCUT2D eigenvalue weighted by Crippen LogP contribution is 2.37. The van der Waals surface area contributed by atoms with Gasteiger partial charge in [0.15, 0.2) is 5.03 Å². The fourth-order valence-corrected chi connectivity index (χ4v) is 3.75. The van der Waals surface area contributed by atoms with Crippen LogP contribution in [0, 0.1) is 5.41 Å². The lowest BCUT2D eigenvalue weighted by Gasteiger charge is -2.23. The van der Waals surface area contributed by atoms with Crippen molar-refractivity contribution in [3.8, 4) is 0 Å². The van der Waals surface area contributed by atoms with Gasteiger partial charge in [0, 0.05) is 12.7 Å². The average molecular weight is 284 g/mol. The van der Waals surface area contributed by atoms with Crippen molar-refractivity contribution in [2.45, 2.75) is 37.6 Å². The molecule has 1 heterocycles. The molecule has 106 valence electrons. The second kappa shape index (κ2) is 5.44. The quantitative estimate of drug-likeness (QED) is 0.558. The van der Waals surface area contributed by atoms with Crippen LogP contribution in [-0.2, 0) is 10.0 Å². The van der Waals surface area contributed by atoms with Gasteiger partial charge in [-0.3, -0.25) is 5.84 Å². The van der Waals surface area contributed by atoms with Crippen LogP contribution in [0.4, 0.5) is 5.69 Å². The Morgan fingerprint density at radius 2 is 2.11 bits per heavy atom. The highest BCUT2D eigenvalue weighted by Gasteiger charge is 2.31. The number of hydrogen-bond donors (Lipinski definition) is 3. The minimum Gasteiger partial charge on any atom is -0.321 e. The van der Waals surface area contributed by atoms with Crippen LogP contribution in [0.25, 0.3) is 0 Å². The summed E-state index contributed by atoms with van der Waals surface area (Å²) >= 11 is 0. The van der Waals surface area contributed by atoms with Crippen molar-refractivity contribution in [2.24, 2.45) is 11.3 Å². The fourth-order valence-electron chi connectivity index (χ4n) is 2.46. The third-order valence-corrected chi connectivity index (χ3v) is 5.04. The summed E-state index contributed by atoms with van der Waals surface area (Å²) in [6.07, 6.45) is 5.88. The number of nitrogens with zero attached hydrogens (tertiary/aromatic N) is 1. The van der Waals surface area contributed by atoms with Gasteiger partial charge in [-0.05, 0) is 30.4 Å². The van der Waals surface area contributed by atoms with Crippen LogP contribution in [0.2, 0.25) is 0 Å². The van der Waals surface area contributed by atoms with Crippen molar-refractivity contribution in [3.63, 3.8) is 0 Å². The number of sulfonamides is 1. The maximum Gasteiger partial charge on any atom is 0.260 e. The molecule has 0 spiro atoms. The zero-order valence-corrected chi connectivity index (χ0v) is 11.8. The molecule has 0 saturated heterocycles. The monoisotopic (exact) mass is 284 g/mol. The molecule has 4 N–H and O–H groups in total. The fraction of sp³-hybridized carbons (Fsp3) is 0.583. The second-order valence-electron chi connectivity index (χ2n) is 5.34. The van der Waals surface area contributed by atoms with Crippen LogP contribution >= 0.6 is 0 Å². The molecule has 0 bridgehead atoms. The number of hydrogen-bond acceptors (Lipinski definition) is 5. The lowest BCUT2D eigenvalue weighted by Crippen LogP contribution is -2.35. The lowest BCUT2D eigenvalue weighted by molar-refractivity contribution is 0.336. The topological polar surface area (TPSA) is 97.1 Å². The van der Waals surface area contributed by atoms with E-state index in [1.54, 1.807) is 12.1 Å². The van der Waals surface area contributed by atoms with Gasteiger partial charge in [0.1, 0.15) is 0 Å². The summed E-state index contributed by atoms with van der Waals surface area (Å²) in [7, 11) is -3.63. The van der Waals surface area contributed by atoms with Gasteiger partial charge in [0.2, 0.25) is 0 Å². The Balaban J connectivity index is 2.14. The van der Waals surface area contributed by atoms with Crippen molar-refractivity contribution < 1.29 is 8.42 Å². The largest absolute Gasteiger partial charge is 0.321 e. The smallest absolute Gasteiger partial charge is 0.260 e. The molecular weight excluding hydrogens is 264 g/mol. The van der Waals surface area contributed by atoms with E-state index in [2.05, 4.69) is 22.1 Å². The summed E-state index contributed by atoms with van der Waals surface area (Å²) < 4.78 is 27.1. The Labute approximate surface area is 113 Å². The average Bonchev–Trinajstić information content (AvgIpc) is 2.84. The number of nitrogen functional groups attached to an aromatic ring is 1. The Morgan fingerprint density at radius 3 is 2.74 bits per heavy atom.